The lowest BCUT2D eigenvalue weighted by atomic mass is 10.0. The zero-order valence-corrected chi connectivity index (χ0v) is 15.9. The van der Waals surface area contributed by atoms with Gasteiger partial charge in [-0.15, -0.1) is 6.42 Å². The second kappa shape index (κ2) is 7.06. The molecule has 0 spiro atoms. The first kappa shape index (κ1) is 18.4. The van der Waals surface area contributed by atoms with Crippen LogP contribution in [0.1, 0.15) is 36.8 Å². The summed E-state index contributed by atoms with van der Waals surface area (Å²) in [7, 11) is -3.76. The molecule has 6 nitrogen and oxygen atoms in total. The van der Waals surface area contributed by atoms with Crippen molar-refractivity contribution in [2.75, 3.05) is 6.54 Å². The van der Waals surface area contributed by atoms with Gasteiger partial charge in [0, 0.05) is 18.3 Å². The fourth-order valence-electron chi connectivity index (χ4n) is 2.87. The predicted molar refractivity (Wildman–Crippen MR) is 101 cm³/mol. The highest BCUT2D eigenvalue weighted by Crippen LogP contribution is 2.36. The minimum absolute atomic E-state index is 0.0544. The summed E-state index contributed by atoms with van der Waals surface area (Å²) in [4.78, 5) is 4.33. The van der Waals surface area contributed by atoms with E-state index in [0.29, 0.717) is 35.2 Å². The second-order valence-corrected chi connectivity index (χ2v) is 8.13. The average Bonchev–Trinajstić information content (AvgIpc) is 3.37. The number of hydrogen-bond acceptors (Lipinski definition) is 5. The molecule has 0 radical (unpaired) electrons. The third-order valence-corrected chi connectivity index (χ3v) is 5.81. The smallest absolute Gasteiger partial charge is 0.241 e. The number of terminal acetylenes is 1. The molecular weight excluding hydrogens is 350 g/mol. The second-order valence-electron chi connectivity index (χ2n) is 6.39. The summed E-state index contributed by atoms with van der Waals surface area (Å²) in [6, 6.07) is 3.34. The number of nitrogens with zero attached hydrogens (tertiary/aromatic N) is 2. The van der Waals surface area contributed by atoms with Crippen molar-refractivity contribution in [1.82, 2.24) is 9.88 Å². The Morgan fingerprint density at radius 1 is 1.42 bits per heavy atom. The van der Waals surface area contributed by atoms with Gasteiger partial charge in [0.2, 0.25) is 10.0 Å². The van der Waals surface area contributed by atoms with Crippen molar-refractivity contribution in [3.63, 3.8) is 0 Å². The summed E-state index contributed by atoms with van der Waals surface area (Å²) < 4.78 is 33.7. The van der Waals surface area contributed by atoms with Gasteiger partial charge in [-0.05, 0) is 57.2 Å². The van der Waals surface area contributed by atoms with Crippen LogP contribution in [0, 0.1) is 32.1 Å². The Bertz CT molecular complexity index is 990. The van der Waals surface area contributed by atoms with E-state index in [0.717, 1.165) is 18.4 Å². The SMILES string of the molecule is C#Cc1c(/N=C\C)cc(-c2c(C)noc2C)cc1S(=O)(=O)NCC1CC1. The molecule has 0 unspecified atom stereocenters. The van der Waals surface area contributed by atoms with Gasteiger partial charge in [-0.1, -0.05) is 11.1 Å². The Labute approximate surface area is 153 Å². The standard InChI is InChI=1S/C19H21N3O3S/c1-5-16-17(20-6-2)9-15(19-12(3)22-25-13(19)4)10-18(16)26(23,24)21-11-14-7-8-14/h1,6,9-10,14,21H,7-8,11H2,2-4H3/b20-6-. The van der Waals surface area contributed by atoms with E-state index in [4.69, 9.17) is 10.9 Å². The third kappa shape index (κ3) is 3.57. The van der Waals surface area contributed by atoms with E-state index >= 15 is 0 Å². The lowest BCUT2D eigenvalue weighted by Gasteiger charge is -2.13. The molecule has 1 N–H and O–H groups in total. The molecule has 0 atom stereocenters. The molecule has 1 aliphatic carbocycles. The van der Waals surface area contributed by atoms with Crippen LogP contribution in [-0.2, 0) is 10.0 Å². The quantitative estimate of drug-likeness (QED) is 0.623. The molecule has 1 aromatic carbocycles. The minimum Gasteiger partial charge on any atom is -0.361 e. The van der Waals surface area contributed by atoms with Crippen molar-refractivity contribution in [3.8, 4) is 23.5 Å². The fourth-order valence-corrected chi connectivity index (χ4v) is 4.19. The first-order chi connectivity index (χ1) is 12.4. The number of aromatic nitrogens is 1. The van der Waals surface area contributed by atoms with Gasteiger partial charge in [-0.25, -0.2) is 13.1 Å². The van der Waals surface area contributed by atoms with Crippen LogP contribution < -0.4 is 4.72 Å². The summed E-state index contributed by atoms with van der Waals surface area (Å²) in [5, 5.41) is 3.95. The molecule has 2 aromatic rings. The van der Waals surface area contributed by atoms with Crippen molar-refractivity contribution in [3.05, 3.63) is 29.2 Å². The normalized spacial score (nSPS) is 14.7. The summed E-state index contributed by atoms with van der Waals surface area (Å²) in [6.45, 7) is 5.77. The molecule has 0 amide bonds. The predicted octanol–water partition coefficient (Wildman–Crippen LogP) is 3.35. The number of hydrogen-bond donors (Lipinski definition) is 1. The van der Waals surface area contributed by atoms with Crippen molar-refractivity contribution < 1.29 is 12.9 Å². The topological polar surface area (TPSA) is 84.6 Å². The van der Waals surface area contributed by atoms with Crippen LogP contribution in [0.5, 0.6) is 0 Å². The highest BCUT2D eigenvalue weighted by atomic mass is 32.2. The van der Waals surface area contributed by atoms with E-state index in [1.165, 1.54) is 0 Å². The van der Waals surface area contributed by atoms with Crippen LogP contribution in [0.25, 0.3) is 11.1 Å². The van der Waals surface area contributed by atoms with Crippen LogP contribution in [0.4, 0.5) is 5.69 Å². The van der Waals surface area contributed by atoms with Crippen LogP contribution in [0.2, 0.25) is 0 Å². The Morgan fingerprint density at radius 3 is 2.69 bits per heavy atom. The number of benzene rings is 1. The number of rotatable bonds is 6. The van der Waals surface area contributed by atoms with Crippen molar-refractivity contribution in [2.24, 2.45) is 10.9 Å². The number of aliphatic imine (C=N–C) groups is 1. The van der Waals surface area contributed by atoms with Gasteiger partial charge in [0.15, 0.2) is 0 Å². The molecule has 1 aliphatic rings. The summed E-state index contributed by atoms with van der Waals surface area (Å²) in [5.74, 6) is 3.51. The van der Waals surface area contributed by atoms with Crippen molar-refractivity contribution >= 4 is 21.9 Å². The first-order valence-corrected chi connectivity index (χ1v) is 9.92. The molecule has 3 rings (SSSR count). The van der Waals surface area contributed by atoms with Gasteiger partial charge < -0.3 is 4.52 Å². The lowest BCUT2D eigenvalue weighted by molar-refractivity contribution is 0.393. The first-order valence-electron chi connectivity index (χ1n) is 8.43. The van der Waals surface area contributed by atoms with E-state index in [1.807, 2.05) is 6.92 Å². The van der Waals surface area contributed by atoms with Crippen LogP contribution in [0.3, 0.4) is 0 Å². The molecule has 1 saturated carbocycles. The van der Waals surface area contributed by atoms with Gasteiger partial charge >= 0.3 is 0 Å². The minimum atomic E-state index is -3.76. The molecule has 0 aliphatic heterocycles. The molecule has 26 heavy (non-hydrogen) atoms. The maximum atomic E-state index is 12.9. The zero-order valence-electron chi connectivity index (χ0n) is 15.0. The van der Waals surface area contributed by atoms with Gasteiger partial charge in [-0.2, -0.15) is 0 Å². The van der Waals surface area contributed by atoms with E-state index < -0.39 is 10.0 Å². The Kier molecular flexibility index (Phi) is 4.99. The lowest BCUT2D eigenvalue weighted by Crippen LogP contribution is -2.26. The number of nitrogens with one attached hydrogen (secondary N) is 1. The molecule has 1 fully saturated rings. The largest absolute Gasteiger partial charge is 0.361 e. The monoisotopic (exact) mass is 371 g/mol. The van der Waals surface area contributed by atoms with Gasteiger partial charge in [0.05, 0.1) is 16.9 Å². The Morgan fingerprint density at radius 2 is 2.15 bits per heavy atom. The highest BCUT2D eigenvalue weighted by molar-refractivity contribution is 7.89. The molecule has 1 heterocycles. The van der Waals surface area contributed by atoms with Gasteiger partial charge in [0.25, 0.3) is 0 Å². The zero-order chi connectivity index (χ0) is 18.9. The van der Waals surface area contributed by atoms with Crippen LogP contribution in [0.15, 0.2) is 26.5 Å². The Hall–Kier alpha value is -2.43. The average molecular weight is 371 g/mol. The van der Waals surface area contributed by atoms with Gasteiger partial charge in [0.1, 0.15) is 10.7 Å². The molecule has 0 saturated heterocycles. The highest BCUT2D eigenvalue weighted by Gasteiger charge is 2.27. The van der Waals surface area contributed by atoms with E-state index in [1.54, 1.807) is 32.2 Å². The van der Waals surface area contributed by atoms with E-state index in [-0.39, 0.29) is 10.5 Å². The number of aryl methyl sites for hydroxylation is 2. The third-order valence-electron chi connectivity index (χ3n) is 4.36. The van der Waals surface area contributed by atoms with Gasteiger partial charge in [-0.3, -0.25) is 4.99 Å². The Balaban J connectivity index is 2.19. The molecule has 7 heteroatoms. The fraction of sp³-hybridized carbons (Fsp3) is 0.368. The molecular formula is C19H21N3O3S. The maximum absolute atomic E-state index is 12.9. The summed E-state index contributed by atoms with van der Waals surface area (Å²) >= 11 is 0. The summed E-state index contributed by atoms with van der Waals surface area (Å²) in [6.07, 6.45) is 9.31. The molecule has 1 aromatic heterocycles. The van der Waals surface area contributed by atoms with E-state index in [9.17, 15) is 8.42 Å². The van der Waals surface area contributed by atoms with Crippen molar-refractivity contribution in [1.29, 1.82) is 0 Å². The van der Waals surface area contributed by atoms with Crippen molar-refractivity contribution in [2.45, 2.75) is 38.5 Å². The van der Waals surface area contributed by atoms with E-state index in [2.05, 4.69) is 20.8 Å². The maximum Gasteiger partial charge on any atom is 0.241 e. The summed E-state index contributed by atoms with van der Waals surface area (Å²) in [5.41, 5.74) is 2.77. The van der Waals surface area contributed by atoms with Crippen LogP contribution in [-0.4, -0.2) is 26.3 Å². The molecule has 0 bridgehead atoms. The van der Waals surface area contributed by atoms with Crippen LogP contribution >= 0.6 is 0 Å². The molecule has 136 valence electrons. The number of sulfonamides is 1.